The minimum absolute atomic E-state index is 0.0762. The second-order valence-electron chi connectivity index (χ2n) is 12.5. The number of hydrogen-bond donors (Lipinski definition) is 6. The lowest BCUT2D eigenvalue weighted by atomic mass is 9.98. The minimum Gasteiger partial charge on any atom is -0.373 e. The van der Waals surface area contributed by atoms with Crippen LogP contribution in [0, 0.1) is 11.8 Å². The van der Waals surface area contributed by atoms with Gasteiger partial charge in [-0.25, -0.2) is 0 Å². The van der Waals surface area contributed by atoms with Crippen LogP contribution in [0.4, 0.5) is 0 Å². The Morgan fingerprint density at radius 2 is 0.691 bits per heavy atom. The largest absolute Gasteiger partial charge is 0.511 e. The van der Waals surface area contributed by atoms with Crippen molar-refractivity contribution in [1.29, 1.82) is 0 Å². The fourth-order valence-corrected chi connectivity index (χ4v) is 78.1. The van der Waals surface area contributed by atoms with Crippen LogP contribution in [0.15, 0.2) is 0 Å². The van der Waals surface area contributed by atoms with E-state index >= 15 is 0 Å². The van der Waals surface area contributed by atoms with Crippen LogP contribution in [0.3, 0.4) is 0 Å². The van der Waals surface area contributed by atoms with Crippen molar-refractivity contribution in [1.82, 2.24) is 0 Å². The van der Waals surface area contributed by atoms with Gasteiger partial charge >= 0.3 is 26.4 Å². The molecule has 0 N–H and O–H groups in total. The van der Waals surface area contributed by atoms with E-state index in [1.165, 1.54) is 29.5 Å². The van der Waals surface area contributed by atoms with E-state index in [0.29, 0.717) is 81.5 Å². The molecule has 0 aliphatic rings. The summed E-state index contributed by atoms with van der Waals surface area (Å²) in [4.78, 5) is 0. The Morgan fingerprint density at radius 3 is 0.873 bits per heavy atom. The zero-order valence-electron chi connectivity index (χ0n) is 35.3. The van der Waals surface area contributed by atoms with Gasteiger partial charge in [0.15, 0.2) is 0 Å². The highest BCUT2D eigenvalue weighted by Gasteiger charge is 2.73. The molecule has 0 aromatic rings. The van der Waals surface area contributed by atoms with Crippen molar-refractivity contribution in [2.24, 2.45) is 11.8 Å². The van der Waals surface area contributed by atoms with E-state index in [-0.39, 0.29) is 5.92 Å². The zero-order chi connectivity index (χ0) is 42.5. The van der Waals surface area contributed by atoms with Gasteiger partial charge in [-0.05, 0) is 110 Å². The van der Waals surface area contributed by atoms with Crippen LogP contribution >= 0.6 is 124 Å². The van der Waals surface area contributed by atoms with Gasteiger partial charge < -0.3 is 39.8 Å². The van der Waals surface area contributed by atoms with Crippen molar-refractivity contribution in [2.45, 2.75) is 112 Å². The maximum atomic E-state index is 6.64. The Bertz CT molecular complexity index is 876. The Kier molecular flexibility index (Phi) is 32.3. The maximum Gasteiger partial charge on any atom is 0.511 e. The molecule has 0 bridgehead atoms. The van der Waals surface area contributed by atoms with Crippen molar-refractivity contribution in [3.8, 4) is 0 Å². The standard InChI is InChI=1S/C31H76O9S12Si3/c1-13-29(11)24-23-25-30(12)31(50(44,47-41)26-53(32-14-2,33-15-3)34-16-4,51(45,48-42)27-54(35-17-5,36-18-6)37-19-7)52(46,49-43)28-55(38-20-8,39-21-9)40-22-10/h29-30,41-46H,13-28H2,1-12H3. The van der Waals surface area contributed by atoms with Gasteiger partial charge in [0.2, 0.25) is 0 Å². The summed E-state index contributed by atoms with van der Waals surface area (Å²) in [6.45, 7) is 28.4. The molecule has 0 aliphatic carbocycles. The highest BCUT2D eigenvalue weighted by molar-refractivity contribution is 9.48. The summed E-state index contributed by atoms with van der Waals surface area (Å²) in [7, 11) is -13.4. The second kappa shape index (κ2) is 29.8. The van der Waals surface area contributed by atoms with Gasteiger partial charge in [-0.1, -0.05) is 40.0 Å². The first kappa shape index (κ1) is 59.5. The number of thiol groups is 6. The van der Waals surface area contributed by atoms with Crippen LogP contribution in [0.25, 0.3) is 0 Å². The molecule has 338 valence electrons. The van der Waals surface area contributed by atoms with Crippen LogP contribution in [0.5, 0.6) is 0 Å². The molecule has 5 atom stereocenters. The topological polar surface area (TPSA) is 83.1 Å². The molecule has 0 aliphatic heterocycles. The first-order valence-corrected chi connectivity index (χ1v) is 40.8. The summed E-state index contributed by atoms with van der Waals surface area (Å²) in [5.74, 6) is 0.498. The van der Waals surface area contributed by atoms with E-state index in [1.807, 2.05) is 62.3 Å². The fourth-order valence-electron chi connectivity index (χ4n) is 6.69. The van der Waals surface area contributed by atoms with E-state index in [0.717, 1.165) is 25.7 Å². The predicted octanol–water partition coefficient (Wildman–Crippen LogP) is 12.7. The fraction of sp³-hybridized carbons (Fsp3) is 1.00. The van der Waals surface area contributed by atoms with Crippen LogP contribution < -0.4 is 0 Å². The Balaban J connectivity index is 9.07. The Hall–Kier alpha value is 4.49. The average molecular weight is 1060 g/mol. The van der Waals surface area contributed by atoms with Gasteiger partial charge in [0, 0.05) is 59.5 Å². The smallest absolute Gasteiger partial charge is 0.373 e. The molecule has 0 heterocycles. The highest BCUT2D eigenvalue weighted by atomic mass is 33.8. The number of hydrogen-bond acceptors (Lipinski definition) is 18. The molecule has 0 saturated carbocycles. The van der Waals surface area contributed by atoms with E-state index in [9.17, 15) is 0 Å². The third-order valence-electron chi connectivity index (χ3n) is 8.73. The van der Waals surface area contributed by atoms with Crippen LogP contribution in [0.2, 0.25) is 0 Å². The minimum atomic E-state index is -3.44. The van der Waals surface area contributed by atoms with Gasteiger partial charge in [-0.15, -0.1) is 94.2 Å². The van der Waals surface area contributed by atoms with E-state index in [1.54, 1.807) is 0 Å². The van der Waals surface area contributed by atoms with E-state index in [2.05, 4.69) is 20.8 Å². The first-order chi connectivity index (χ1) is 26.0. The van der Waals surface area contributed by atoms with E-state index in [4.69, 9.17) is 110 Å². The summed E-state index contributed by atoms with van der Waals surface area (Å²) in [6.07, 6.45) is 4.02. The lowest BCUT2D eigenvalue weighted by Gasteiger charge is -2.70. The summed E-state index contributed by atoms with van der Waals surface area (Å²) < 4.78 is 58.9. The molecule has 0 spiro atoms. The van der Waals surface area contributed by atoms with Crippen LogP contribution in [-0.4, -0.2) is 105 Å². The third-order valence-corrected chi connectivity index (χ3v) is 64.0. The molecule has 0 rings (SSSR count). The lowest BCUT2D eigenvalue weighted by molar-refractivity contribution is 0.0765. The van der Waals surface area contributed by atoms with Crippen molar-refractivity contribution in [2.75, 3.05) is 75.6 Å². The van der Waals surface area contributed by atoms with Gasteiger partial charge in [0.25, 0.3) is 0 Å². The first-order valence-electron chi connectivity index (χ1n) is 19.3. The molecular weight excluding hydrogens is 985 g/mol. The SMILES string of the molecule is CCO[Si](CS(S)(SS)C(C(C)CCCC(C)CC)(S(S)(C[Si](OCC)(OCC)OCC)SS)S(S)(C[Si](OCC)(OCC)OCC)SS)(OCC)OCC. The average Bonchev–Trinajstić information content (AvgIpc) is 3.12. The Labute approximate surface area is 385 Å². The molecule has 55 heavy (non-hydrogen) atoms. The predicted molar refractivity (Wildman–Crippen MR) is 281 cm³/mol. The van der Waals surface area contributed by atoms with E-state index < -0.39 is 54.1 Å². The van der Waals surface area contributed by atoms with Gasteiger partial charge in [0.1, 0.15) is 3.41 Å². The molecule has 5 unspecified atom stereocenters. The van der Waals surface area contributed by atoms with Gasteiger partial charge in [0.05, 0.1) is 16.1 Å². The monoisotopic (exact) mass is 1060 g/mol. The van der Waals surface area contributed by atoms with Crippen molar-refractivity contribution < 1.29 is 39.8 Å². The summed E-state index contributed by atoms with van der Waals surface area (Å²) in [5.41, 5.74) is 0. The quantitative estimate of drug-likeness (QED) is 0.0205. The molecule has 9 nitrogen and oxygen atoms in total. The molecule has 0 saturated heterocycles. The molecule has 0 aromatic carbocycles. The number of rotatable bonds is 36. The van der Waals surface area contributed by atoms with Crippen molar-refractivity contribution in [3.63, 3.8) is 0 Å². The van der Waals surface area contributed by atoms with Gasteiger partial charge in [-0.3, -0.25) is 0 Å². The molecular formula is C31H76O9S12Si3. The highest BCUT2D eigenvalue weighted by Crippen LogP contribution is 3.03. The summed E-state index contributed by atoms with van der Waals surface area (Å²) in [5, 5.41) is 1.11. The molecule has 0 aromatic heterocycles. The molecule has 0 fully saturated rings. The summed E-state index contributed by atoms with van der Waals surface area (Å²) >= 11 is 33.6. The third kappa shape index (κ3) is 15.9. The van der Waals surface area contributed by atoms with Crippen LogP contribution in [-0.2, 0) is 39.8 Å². The Morgan fingerprint density at radius 1 is 0.455 bits per heavy atom. The lowest BCUT2D eigenvalue weighted by Crippen LogP contribution is -2.59. The maximum absolute atomic E-state index is 6.64. The summed E-state index contributed by atoms with van der Waals surface area (Å²) in [6, 6.07) is 0. The zero-order valence-corrected chi connectivity index (χ0v) is 48.5. The van der Waals surface area contributed by atoms with Crippen molar-refractivity contribution >= 4 is 150 Å². The molecule has 0 amide bonds. The second-order valence-corrected chi connectivity index (χ2v) is 48.0. The normalized spacial score (nSPS) is 20.4. The van der Waals surface area contributed by atoms with Crippen LogP contribution in [0.1, 0.15) is 109 Å². The molecule has 0 radical (unpaired) electrons. The molecule has 24 heteroatoms. The van der Waals surface area contributed by atoms with Crippen molar-refractivity contribution in [3.05, 3.63) is 0 Å². The van der Waals surface area contributed by atoms with Gasteiger partial charge in [-0.2, -0.15) is 0 Å².